The van der Waals surface area contributed by atoms with Crippen LogP contribution in [0.25, 0.3) is 0 Å². The first kappa shape index (κ1) is 17.0. The van der Waals surface area contributed by atoms with Crippen molar-refractivity contribution in [2.24, 2.45) is 0 Å². The van der Waals surface area contributed by atoms with Gasteiger partial charge in [0.05, 0.1) is 5.69 Å². The minimum absolute atomic E-state index is 0.0123. The number of nitrogens with zero attached hydrogens (tertiary/aromatic N) is 4. The van der Waals surface area contributed by atoms with Crippen LogP contribution >= 0.6 is 0 Å². The van der Waals surface area contributed by atoms with Crippen LogP contribution in [-0.4, -0.2) is 48.0 Å². The molecule has 1 saturated heterocycles. The molecule has 136 valence electrons. The lowest BCUT2D eigenvalue weighted by Crippen LogP contribution is -2.48. The van der Waals surface area contributed by atoms with E-state index < -0.39 is 0 Å². The molecule has 1 aliphatic heterocycles. The quantitative estimate of drug-likeness (QED) is 0.835. The van der Waals surface area contributed by atoms with Gasteiger partial charge < -0.3 is 9.80 Å². The van der Waals surface area contributed by atoms with Crippen LogP contribution in [0.2, 0.25) is 0 Å². The Balaban J connectivity index is 1.63. The molecule has 1 fully saturated rings. The molecule has 26 heavy (non-hydrogen) atoms. The largest absolute Gasteiger partial charge is 0.347 e. The first-order valence-electron chi connectivity index (χ1n) is 9.38. The first-order valence-corrected chi connectivity index (χ1v) is 9.38. The average molecular weight is 350 g/mol. The monoisotopic (exact) mass is 350 g/mol. The van der Waals surface area contributed by atoms with Crippen LogP contribution in [0.5, 0.6) is 0 Å². The van der Waals surface area contributed by atoms with Crippen molar-refractivity contribution in [3.05, 3.63) is 52.8 Å². The summed E-state index contributed by atoms with van der Waals surface area (Å²) in [5.74, 6) is 0.895. The summed E-state index contributed by atoms with van der Waals surface area (Å²) in [5, 5.41) is 0. The lowest BCUT2D eigenvalue weighted by molar-refractivity contribution is 0.0633. The molecule has 1 atom stereocenters. The van der Waals surface area contributed by atoms with Crippen LogP contribution in [-0.2, 0) is 11.8 Å². The van der Waals surface area contributed by atoms with Crippen molar-refractivity contribution in [1.82, 2.24) is 14.9 Å². The van der Waals surface area contributed by atoms with E-state index in [1.807, 2.05) is 61.3 Å². The number of amides is 1. The van der Waals surface area contributed by atoms with Crippen LogP contribution in [0, 0.1) is 6.92 Å². The van der Waals surface area contributed by atoms with Crippen LogP contribution in [0.15, 0.2) is 30.5 Å². The third kappa shape index (κ3) is 2.85. The number of aryl methyl sites for hydroxylation is 2. The summed E-state index contributed by atoms with van der Waals surface area (Å²) in [6.07, 6.45) is 6.17. The highest BCUT2D eigenvalue weighted by Gasteiger charge is 2.44. The third-order valence-corrected chi connectivity index (χ3v) is 5.79. The van der Waals surface area contributed by atoms with E-state index in [0.717, 1.165) is 56.0 Å². The number of likely N-dealkylation sites (tertiary alicyclic amines) is 1. The summed E-state index contributed by atoms with van der Waals surface area (Å²) >= 11 is 0. The molecular weight excluding hydrogens is 324 g/mol. The topological polar surface area (TPSA) is 49.3 Å². The Bertz CT molecular complexity index is 826. The summed E-state index contributed by atoms with van der Waals surface area (Å²) in [4.78, 5) is 26.4. The van der Waals surface area contributed by atoms with E-state index >= 15 is 0 Å². The van der Waals surface area contributed by atoms with Crippen LogP contribution < -0.4 is 4.90 Å². The van der Waals surface area contributed by atoms with Crippen molar-refractivity contribution in [1.29, 1.82) is 0 Å². The highest BCUT2D eigenvalue weighted by molar-refractivity contribution is 5.94. The molecule has 4 rings (SSSR count). The molecule has 2 aliphatic rings. The molecule has 2 aromatic rings. The number of rotatable bonds is 2. The van der Waals surface area contributed by atoms with Crippen molar-refractivity contribution < 1.29 is 4.79 Å². The molecule has 2 heterocycles. The molecule has 0 N–H and O–H groups in total. The molecule has 0 saturated carbocycles. The first-order chi connectivity index (χ1) is 12.5. The second kappa shape index (κ2) is 6.38. The molecule has 1 aromatic heterocycles. The number of anilines is 1. The summed E-state index contributed by atoms with van der Waals surface area (Å²) in [6, 6.07) is 7.89. The lowest BCUT2D eigenvalue weighted by atomic mass is 9.77. The van der Waals surface area contributed by atoms with Gasteiger partial charge in [-0.2, -0.15) is 0 Å². The van der Waals surface area contributed by atoms with Crippen LogP contribution in [0.1, 0.15) is 46.4 Å². The Morgan fingerprint density at radius 1 is 1.19 bits per heavy atom. The number of carbonyl (C=O) groups excluding carboxylic acids is 1. The molecule has 1 spiro atoms. The van der Waals surface area contributed by atoms with Gasteiger partial charge in [0.15, 0.2) is 0 Å². The maximum atomic E-state index is 13.0. The fraction of sp³-hybridized carbons (Fsp3) is 0.476. The van der Waals surface area contributed by atoms with E-state index in [2.05, 4.69) is 4.98 Å². The van der Waals surface area contributed by atoms with Crippen molar-refractivity contribution in [3.8, 4) is 0 Å². The molecule has 0 radical (unpaired) electrons. The number of fused-ring (bicyclic) bond motifs is 2. The number of benzene rings is 1. The van der Waals surface area contributed by atoms with Gasteiger partial charge in [-0.3, -0.25) is 4.79 Å². The van der Waals surface area contributed by atoms with Gasteiger partial charge in [0.1, 0.15) is 0 Å². The summed E-state index contributed by atoms with van der Waals surface area (Å²) in [7, 11) is 3.94. The smallest absolute Gasteiger partial charge is 0.253 e. The molecule has 5 heteroatoms. The van der Waals surface area contributed by atoms with E-state index in [-0.39, 0.29) is 11.3 Å². The van der Waals surface area contributed by atoms with Crippen LogP contribution in [0.4, 0.5) is 5.95 Å². The Hall–Kier alpha value is -2.43. The predicted octanol–water partition coefficient (Wildman–Crippen LogP) is 2.97. The van der Waals surface area contributed by atoms with Gasteiger partial charge in [0, 0.05) is 44.4 Å². The molecular formula is C21H26N4O. The zero-order valence-corrected chi connectivity index (χ0v) is 15.8. The number of piperidine rings is 1. The fourth-order valence-corrected chi connectivity index (χ4v) is 4.33. The molecule has 0 bridgehead atoms. The summed E-state index contributed by atoms with van der Waals surface area (Å²) in [5.41, 5.74) is 4.36. The zero-order valence-electron chi connectivity index (χ0n) is 15.8. The summed E-state index contributed by atoms with van der Waals surface area (Å²) < 4.78 is 0. The molecule has 1 amide bonds. The van der Waals surface area contributed by atoms with E-state index in [1.54, 1.807) is 0 Å². The maximum absolute atomic E-state index is 13.0. The van der Waals surface area contributed by atoms with Crippen molar-refractivity contribution in [2.75, 3.05) is 32.1 Å². The number of hydrogen-bond acceptors (Lipinski definition) is 4. The van der Waals surface area contributed by atoms with E-state index in [0.29, 0.717) is 0 Å². The Morgan fingerprint density at radius 2 is 1.96 bits per heavy atom. The average Bonchev–Trinajstić information content (AvgIpc) is 2.99. The number of aromatic nitrogens is 2. The van der Waals surface area contributed by atoms with Crippen molar-refractivity contribution >= 4 is 11.9 Å². The Morgan fingerprint density at radius 3 is 2.69 bits per heavy atom. The lowest BCUT2D eigenvalue weighted by Gasteiger charge is -2.40. The van der Waals surface area contributed by atoms with E-state index in [9.17, 15) is 4.79 Å². The predicted molar refractivity (Wildman–Crippen MR) is 103 cm³/mol. The molecule has 1 aliphatic carbocycles. The number of carbonyl (C=O) groups is 1. The minimum atomic E-state index is -0.0123. The second-order valence-corrected chi connectivity index (χ2v) is 7.91. The molecule has 1 aromatic carbocycles. The van der Waals surface area contributed by atoms with Crippen LogP contribution in [0.3, 0.4) is 0 Å². The second-order valence-electron chi connectivity index (χ2n) is 7.91. The van der Waals surface area contributed by atoms with Gasteiger partial charge in [-0.05, 0) is 50.3 Å². The van der Waals surface area contributed by atoms with Crippen molar-refractivity contribution in [2.45, 2.75) is 38.0 Å². The van der Waals surface area contributed by atoms with E-state index in [4.69, 9.17) is 4.98 Å². The van der Waals surface area contributed by atoms with Gasteiger partial charge in [-0.15, -0.1) is 0 Å². The SMILES string of the molecule is Cc1ccc(C(=O)N2CCCC3(CCc4cnc(N(C)C)nc43)C2)cc1. The maximum Gasteiger partial charge on any atom is 0.253 e. The minimum Gasteiger partial charge on any atom is -0.347 e. The fourth-order valence-electron chi connectivity index (χ4n) is 4.33. The third-order valence-electron chi connectivity index (χ3n) is 5.79. The molecule has 5 nitrogen and oxygen atoms in total. The zero-order chi connectivity index (χ0) is 18.3. The standard InChI is InChI=1S/C21H26N4O/c1-15-5-7-16(8-6-15)19(26)25-12-4-10-21(14-25)11-9-17-13-22-20(24(2)3)23-18(17)21/h5-8,13H,4,9-12,14H2,1-3H3. The van der Waals surface area contributed by atoms with Gasteiger partial charge in [0.25, 0.3) is 5.91 Å². The Labute approximate surface area is 155 Å². The highest BCUT2D eigenvalue weighted by Crippen LogP contribution is 2.44. The number of hydrogen-bond donors (Lipinski definition) is 0. The molecule has 1 unspecified atom stereocenters. The van der Waals surface area contributed by atoms with Gasteiger partial charge in [-0.25, -0.2) is 9.97 Å². The Kier molecular flexibility index (Phi) is 4.17. The summed E-state index contributed by atoms with van der Waals surface area (Å²) in [6.45, 7) is 3.63. The van der Waals surface area contributed by atoms with Gasteiger partial charge in [0.2, 0.25) is 5.95 Å². The van der Waals surface area contributed by atoms with E-state index in [1.165, 1.54) is 11.1 Å². The van der Waals surface area contributed by atoms with Crippen molar-refractivity contribution in [3.63, 3.8) is 0 Å². The highest BCUT2D eigenvalue weighted by atomic mass is 16.2. The normalized spacial score (nSPS) is 21.7. The van der Waals surface area contributed by atoms with Gasteiger partial charge in [-0.1, -0.05) is 17.7 Å². The van der Waals surface area contributed by atoms with Gasteiger partial charge >= 0.3 is 0 Å².